The van der Waals surface area contributed by atoms with Gasteiger partial charge in [-0.15, -0.1) is 11.8 Å². The van der Waals surface area contributed by atoms with Crippen LogP contribution in [-0.2, 0) is 15.8 Å². The van der Waals surface area contributed by atoms with E-state index in [0.29, 0.717) is 38.7 Å². The lowest BCUT2D eigenvalue weighted by Gasteiger charge is -2.14. The number of nitriles is 1. The second-order valence-electron chi connectivity index (χ2n) is 7.08. The Morgan fingerprint density at radius 2 is 1.73 bits per heavy atom. The zero-order valence-corrected chi connectivity index (χ0v) is 18.8. The van der Waals surface area contributed by atoms with Crippen LogP contribution in [0.5, 0.6) is 0 Å². The van der Waals surface area contributed by atoms with Crippen LogP contribution in [0.15, 0.2) is 89.0 Å². The Kier molecular flexibility index (Phi) is 6.51. The van der Waals surface area contributed by atoms with E-state index < -0.39 is 10.0 Å². The van der Waals surface area contributed by atoms with Gasteiger partial charge in [-0.25, -0.2) is 22.9 Å². The number of thioether (sulfide) groups is 1. The average Bonchev–Trinajstić information content (AvgIpc) is 2.83. The van der Waals surface area contributed by atoms with Crippen LogP contribution in [0.3, 0.4) is 0 Å². The van der Waals surface area contributed by atoms with Gasteiger partial charge in [0.25, 0.3) is 0 Å². The summed E-state index contributed by atoms with van der Waals surface area (Å²) in [5.41, 5.74) is 3.83. The fourth-order valence-corrected chi connectivity index (χ4v) is 4.60. The van der Waals surface area contributed by atoms with Gasteiger partial charge in [-0.2, -0.15) is 5.26 Å². The number of nitrogens with two attached hydrogens (primary N) is 1. The van der Waals surface area contributed by atoms with Crippen molar-refractivity contribution in [2.75, 3.05) is 0 Å². The predicted molar refractivity (Wildman–Crippen MR) is 125 cm³/mol. The summed E-state index contributed by atoms with van der Waals surface area (Å²) in [6.07, 6.45) is 3.44. The second-order valence-corrected chi connectivity index (χ2v) is 9.60. The van der Waals surface area contributed by atoms with Crippen molar-refractivity contribution in [3.05, 3.63) is 96.1 Å². The third-order valence-corrected chi connectivity index (χ3v) is 6.81. The van der Waals surface area contributed by atoms with Gasteiger partial charge in [0.2, 0.25) is 10.0 Å². The van der Waals surface area contributed by atoms with Gasteiger partial charge in [0.15, 0.2) is 0 Å². The van der Waals surface area contributed by atoms with Crippen molar-refractivity contribution in [2.24, 2.45) is 5.14 Å². The molecule has 0 spiro atoms. The Labute approximate surface area is 195 Å². The first-order valence-electron chi connectivity index (χ1n) is 9.71. The molecule has 0 aliphatic heterocycles. The quantitative estimate of drug-likeness (QED) is 0.402. The van der Waals surface area contributed by atoms with Crippen LogP contribution < -0.4 is 5.14 Å². The first-order valence-corrected chi connectivity index (χ1v) is 12.2. The van der Waals surface area contributed by atoms with E-state index in [1.54, 1.807) is 42.7 Å². The fraction of sp³-hybridized carbons (Fsp3) is 0.0417. The molecule has 2 heterocycles. The molecule has 2 aromatic carbocycles. The van der Waals surface area contributed by atoms with Crippen LogP contribution in [0, 0.1) is 17.1 Å². The maximum Gasteiger partial charge on any atom is 0.238 e. The molecule has 0 saturated heterocycles. The number of nitrogens with zero attached hydrogens (tertiary/aromatic N) is 3. The highest BCUT2D eigenvalue weighted by atomic mass is 32.2. The third-order valence-electron chi connectivity index (χ3n) is 4.82. The van der Waals surface area contributed by atoms with Gasteiger partial charge in [0.1, 0.15) is 16.9 Å². The highest BCUT2D eigenvalue weighted by Crippen LogP contribution is 2.36. The van der Waals surface area contributed by atoms with Crippen molar-refractivity contribution in [2.45, 2.75) is 15.7 Å². The first-order chi connectivity index (χ1) is 15.8. The number of hydrogen-bond donors (Lipinski definition) is 1. The zero-order chi connectivity index (χ0) is 23.4. The summed E-state index contributed by atoms with van der Waals surface area (Å²) in [5, 5.41) is 15.5. The topological polar surface area (TPSA) is 110 Å². The summed E-state index contributed by atoms with van der Waals surface area (Å²) in [4.78, 5) is 8.84. The SMILES string of the molecule is N#Cc1cc(-c2ccc(S(N)(=O)=O)cc2)c(-c2ccc(F)cc2)nc1SCc1cccnc1. The van der Waals surface area contributed by atoms with E-state index in [4.69, 9.17) is 10.1 Å². The van der Waals surface area contributed by atoms with E-state index in [-0.39, 0.29) is 10.7 Å². The lowest BCUT2D eigenvalue weighted by Crippen LogP contribution is -2.11. The Balaban J connectivity index is 1.82. The number of pyridine rings is 2. The lowest BCUT2D eigenvalue weighted by atomic mass is 9.98. The summed E-state index contributed by atoms with van der Waals surface area (Å²) in [6.45, 7) is 0. The molecule has 0 bridgehead atoms. The molecule has 6 nitrogen and oxygen atoms in total. The van der Waals surface area contributed by atoms with Gasteiger partial charge in [0, 0.05) is 29.3 Å². The highest BCUT2D eigenvalue weighted by Gasteiger charge is 2.17. The van der Waals surface area contributed by atoms with E-state index in [9.17, 15) is 18.1 Å². The van der Waals surface area contributed by atoms with Gasteiger partial charge in [-0.1, -0.05) is 18.2 Å². The molecule has 33 heavy (non-hydrogen) atoms. The highest BCUT2D eigenvalue weighted by molar-refractivity contribution is 7.98. The number of halogens is 1. The summed E-state index contributed by atoms with van der Waals surface area (Å²) in [5.74, 6) is 0.193. The number of primary sulfonamides is 1. The molecular formula is C24H17FN4O2S2. The van der Waals surface area contributed by atoms with Crippen LogP contribution >= 0.6 is 11.8 Å². The number of sulfonamides is 1. The minimum atomic E-state index is -3.84. The van der Waals surface area contributed by atoms with Crippen LogP contribution in [0.25, 0.3) is 22.4 Å². The maximum atomic E-state index is 13.5. The van der Waals surface area contributed by atoms with E-state index >= 15 is 0 Å². The van der Waals surface area contributed by atoms with Crippen molar-refractivity contribution < 1.29 is 12.8 Å². The largest absolute Gasteiger partial charge is 0.264 e. The monoisotopic (exact) mass is 476 g/mol. The number of benzene rings is 2. The standard InChI is InChI=1S/C24H17FN4O2S2/c25-20-7-3-18(4-8-20)23-22(17-5-9-21(10-6-17)33(27,30)31)12-19(13-26)24(29-23)32-15-16-2-1-11-28-14-16/h1-12,14H,15H2,(H2,27,30,31). The molecule has 0 atom stereocenters. The minimum absolute atomic E-state index is 0.0216. The molecule has 2 N–H and O–H groups in total. The maximum absolute atomic E-state index is 13.5. The van der Waals surface area contributed by atoms with Crippen LogP contribution in [-0.4, -0.2) is 18.4 Å². The van der Waals surface area contributed by atoms with Crippen molar-refractivity contribution in [1.82, 2.24) is 9.97 Å². The van der Waals surface area contributed by atoms with Crippen molar-refractivity contribution in [1.29, 1.82) is 5.26 Å². The summed E-state index contributed by atoms with van der Waals surface area (Å²) in [7, 11) is -3.84. The molecule has 0 radical (unpaired) electrons. The molecule has 0 aliphatic carbocycles. The number of hydrogen-bond acceptors (Lipinski definition) is 6. The fourth-order valence-electron chi connectivity index (χ4n) is 3.19. The second kappa shape index (κ2) is 9.50. The zero-order valence-electron chi connectivity index (χ0n) is 17.1. The Morgan fingerprint density at radius 3 is 2.33 bits per heavy atom. The van der Waals surface area contributed by atoms with Crippen molar-refractivity contribution in [3.8, 4) is 28.5 Å². The molecule has 0 aliphatic rings. The van der Waals surface area contributed by atoms with Crippen LogP contribution in [0.4, 0.5) is 4.39 Å². The van der Waals surface area contributed by atoms with Gasteiger partial charge in [0.05, 0.1) is 16.2 Å². The van der Waals surface area contributed by atoms with Gasteiger partial charge in [-0.3, -0.25) is 4.98 Å². The lowest BCUT2D eigenvalue weighted by molar-refractivity contribution is 0.598. The smallest absolute Gasteiger partial charge is 0.238 e. The minimum Gasteiger partial charge on any atom is -0.264 e. The predicted octanol–water partition coefficient (Wildman–Crippen LogP) is 4.76. The molecule has 0 saturated carbocycles. The number of rotatable bonds is 6. The van der Waals surface area contributed by atoms with E-state index in [2.05, 4.69) is 11.1 Å². The molecule has 0 fully saturated rings. The average molecular weight is 477 g/mol. The van der Waals surface area contributed by atoms with Crippen LogP contribution in [0.1, 0.15) is 11.1 Å². The van der Waals surface area contributed by atoms with Gasteiger partial charge >= 0.3 is 0 Å². The van der Waals surface area contributed by atoms with Crippen LogP contribution in [0.2, 0.25) is 0 Å². The molecule has 164 valence electrons. The third kappa shape index (κ3) is 5.26. The molecule has 4 rings (SSSR count). The van der Waals surface area contributed by atoms with E-state index in [1.807, 2.05) is 12.1 Å². The van der Waals surface area contributed by atoms with E-state index in [1.165, 1.54) is 36.0 Å². The van der Waals surface area contributed by atoms with Gasteiger partial charge < -0.3 is 0 Å². The molecule has 4 aromatic rings. The van der Waals surface area contributed by atoms with E-state index in [0.717, 1.165) is 5.56 Å². The molecule has 0 unspecified atom stereocenters. The molecular weight excluding hydrogens is 459 g/mol. The van der Waals surface area contributed by atoms with Crippen molar-refractivity contribution in [3.63, 3.8) is 0 Å². The Morgan fingerprint density at radius 1 is 1.03 bits per heavy atom. The van der Waals surface area contributed by atoms with Gasteiger partial charge in [-0.05, 0) is 59.7 Å². The summed E-state index contributed by atoms with van der Waals surface area (Å²) < 4.78 is 36.8. The molecule has 9 heteroatoms. The van der Waals surface area contributed by atoms with Crippen molar-refractivity contribution >= 4 is 21.8 Å². The molecule has 0 amide bonds. The Bertz CT molecular complexity index is 1440. The normalized spacial score (nSPS) is 11.2. The summed E-state index contributed by atoms with van der Waals surface area (Å²) >= 11 is 1.40. The first kappa shape index (κ1) is 22.6. The number of aromatic nitrogens is 2. The molecule has 2 aromatic heterocycles. The summed E-state index contributed by atoms with van der Waals surface area (Å²) in [6, 6.07) is 19.6. The Hall–Kier alpha value is -3.58.